The van der Waals surface area contributed by atoms with Crippen LogP contribution in [0.15, 0.2) is 21.2 Å². The Morgan fingerprint density at radius 1 is 1.47 bits per heavy atom. The van der Waals surface area contributed by atoms with E-state index in [0.29, 0.717) is 17.0 Å². The van der Waals surface area contributed by atoms with Crippen molar-refractivity contribution in [2.75, 3.05) is 13.2 Å². The summed E-state index contributed by atoms with van der Waals surface area (Å²) in [7, 11) is 0. The molecular weight excluding hydrogens is 286 g/mol. The molecule has 0 saturated carbocycles. The first-order valence-electron chi connectivity index (χ1n) is 5.74. The average Bonchev–Trinajstić information content (AvgIpc) is 2.69. The van der Waals surface area contributed by atoms with Gasteiger partial charge in [-0.25, -0.2) is 0 Å². The smallest absolute Gasteiger partial charge is 0.287 e. The average molecular weight is 304 g/mol. The van der Waals surface area contributed by atoms with Crippen LogP contribution in [0.3, 0.4) is 0 Å². The second-order valence-electron chi connectivity index (χ2n) is 3.99. The van der Waals surface area contributed by atoms with Gasteiger partial charge in [0.05, 0.1) is 6.10 Å². The maximum atomic E-state index is 11.5. The quantitative estimate of drug-likeness (QED) is 0.788. The first kappa shape index (κ1) is 14.3. The second kappa shape index (κ2) is 7.50. The molecule has 0 bridgehead atoms. The molecule has 1 heterocycles. The Balaban J connectivity index is 2.09. The summed E-state index contributed by atoms with van der Waals surface area (Å²) in [5, 5.41) is 2.79. The Bertz CT molecular complexity index is 349. The van der Waals surface area contributed by atoms with Gasteiger partial charge >= 0.3 is 0 Å². The maximum Gasteiger partial charge on any atom is 0.287 e. The van der Waals surface area contributed by atoms with E-state index in [9.17, 15) is 4.79 Å². The fourth-order valence-corrected chi connectivity index (χ4v) is 1.58. The first-order valence-corrected chi connectivity index (χ1v) is 6.54. The highest BCUT2D eigenvalue weighted by Gasteiger charge is 2.08. The number of carbonyl (C=O) groups is 1. The summed E-state index contributed by atoms with van der Waals surface area (Å²) in [6.45, 7) is 5.39. The van der Waals surface area contributed by atoms with Crippen LogP contribution in [0, 0.1) is 0 Å². The van der Waals surface area contributed by atoms with Gasteiger partial charge in [0.15, 0.2) is 10.4 Å². The lowest BCUT2D eigenvalue weighted by molar-refractivity contribution is 0.0753. The molecule has 1 amide bonds. The highest BCUT2D eigenvalue weighted by molar-refractivity contribution is 9.10. The number of rotatable bonds is 7. The Kier molecular flexibility index (Phi) is 6.29. The number of carbonyl (C=O) groups excluding carboxylic acids is 1. The van der Waals surface area contributed by atoms with Crippen molar-refractivity contribution in [1.29, 1.82) is 0 Å². The summed E-state index contributed by atoms with van der Waals surface area (Å²) >= 11 is 3.15. The van der Waals surface area contributed by atoms with Crippen molar-refractivity contribution in [2.24, 2.45) is 0 Å². The van der Waals surface area contributed by atoms with Gasteiger partial charge in [0.25, 0.3) is 5.91 Å². The minimum Gasteiger partial charge on any atom is -0.444 e. The predicted molar refractivity (Wildman–Crippen MR) is 69.1 cm³/mol. The Labute approximate surface area is 110 Å². The third kappa shape index (κ3) is 5.89. The van der Waals surface area contributed by atoms with E-state index in [0.717, 1.165) is 19.4 Å². The van der Waals surface area contributed by atoms with Crippen molar-refractivity contribution in [3.05, 3.63) is 22.6 Å². The molecule has 0 atom stereocenters. The van der Waals surface area contributed by atoms with Crippen molar-refractivity contribution >= 4 is 21.8 Å². The van der Waals surface area contributed by atoms with Crippen molar-refractivity contribution < 1.29 is 13.9 Å². The zero-order valence-electron chi connectivity index (χ0n) is 10.2. The molecule has 0 aromatic carbocycles. The van der Waals surface area contributed by atoms with Gasteiger partial charge in [-0.15, -0.1) is 0 Å². The van der Waals surface area contributed by atoms with Crippen LogP contribution in [-0.2, 0) is 4.74 Å². The summed E-state index contributed by atoms with van der Waals surface area (Å²) in [5.41, 5.74) is 0. The van der Waals surface area contributed by atoms with E-state index in [2.05, 4.69) is 21.2 Å². The maximum absolute atomic E-state index is 11.5. The van der Waals surface area contributed by atoms with E-state index >= 15 is 0 Å². The van der Waals surface area contributed by atoms with Crippen LogP contribution in [0.1, 0.15) is 37.2 Å². The van der Waals surface area contributed by atoms with Gasteiger partial charge in [-0.1, -0.05) is 0 Å². The highest BCUT2D eigenvalue weighted by Crippen LogP contribution is 2.13. The molecule has 1 aromatic heterocycles. The SMILES string of the molecule is CC(C)OCCCCNC(=O)c1ccc(Br)o1. The van der Waals surface area contributed by atoms with Gasteiger partial charge in [0, 0.05) is 13.2 Å². The summed E-state index contributed by atoms with van der Waals surface area (Å²) in [4.78, 5) is 11.5. The number of hydrogen-bond acceptors (Lipinski definition) is 3. The third-order valence-electron chi connectivity index (χ3n) is 2.10. The summed E-state index contributed by atoms with van der Waals surface area (Å²) in [6, 6.07) is 3.34. The number of ether oxygens (including phenoxy) is 1. The number of nitrogens with one attached hydrogen (secondary N) is 1. The van der Waals surface area contributed by atoms with Gasteiger partial charge < -0.3 is 14.5 Å². The molecule has 0 aliphatic carbocycles. The van der Waals surface area contributed by atoms with Crippen LogP contribution >= 0.6 is 15.9 Å². The summed E-state index contributed by atoms with van der Waals surface area (Å²) in [6.07, 6.45) is 2.12. The Hall–Kier alpha value is -0.810. The molecule has 0 aliphatic rings. The molecule has 1 rings (SSSR count). The molecule has 5 heteroatoms. The lowest BCUT2D eigenvalue weighted by Crippen LogP contribution is -2.24. The number of furan rings is 1. The minimum atomic E-state index is -0.180. The molecule has 1 aromatic rings. The number of amides is 1. The Morgan fingerprint density at radius 3 is 2.82 bits per heavy atom. The summed E-state index contributed by atoms with van der Waals surface area (Å²) < 4.78 is 11.1. The molecule has 0 saturated heterocycles. The zero-order chi connectivity index (χ0) is 12.7. The largest absolute Gasteiger partial charge is 0.444 e. The van der Waals surface area contributed by atoms with Gasteiger partial charge in [0.2, 0.25) is 0 Å². The Morgan fingerprint density at radius 2 is 2.24 bits per heavy atom. The van der Waals surface area contributed by atoms with E-state index in [1.165, 1.54) is 0 Å². The van der Waals surface area contributed by atoms with Gasteiger partial charge in [-0.2, -0.15) is 0 Å². The molecule has 96 valence electrons. The first-order chi connectivity index (χ1) is 8.09. The molecule has 0 aliphatic heterocycles. The van der Waals surface area contributed by atoms with Crippen LogP contribution < -0.4 is 5.32 Å². The molecule has 0 unspecified atom stereocenters. The number of unbranched alkanes of at least 4 members (excludes halogenated alkanes) is 1. The van der Waals surface area contributed by atoms with Crippen molar-refractivity contribution in [3.8, 4) is 0 Å². The van der Waals surface area contributed by atoms with E-state index < -0.39 is 0 Å². The van der Waals surface area contributed by atoms with Gasteiger partial charge in [-0.05, 0) is 54.8 Å². The molecule has 17 heavy (non-hydrogen) atoms. The molecule has 0 fully saturated rings. The van der Waals surface area contributed by atoms with Crippen molar-refractivity contribution in [3.63, 3.8) is 0 Å². The fourth-order valence-electron chi connectivity index (χ4n) is 1.27. The van der Waals surface area contributed by atoms with Gasteiger partial charge in [0.1, 0.15) is 0 Å². The van der Waals surface area contributed by atoms with Crippen LogP contribution in [0.4, 0.5) is 0 Å². The normalized spacial score (nSPS) is 10.8. The number of hydrogen-bond donors (Lipinski definition) is 1. The monoisotopic (exact) mass is 303 g/mol. The molecule has 0 spiro atoms. The predicted octanol–water partition coefficient (Wildman–Crippen LogP) is 2.98. The van der Waals surface area contributed by atoms with Crippen molar-refractivity contribution in [2.45, 2.75) is 32.8 Å². The van der Waals surface area contributed by atoms with Crippen LogP contribution in [0.5, 0.6) is 0 Å². The fraction of sp³-hybridized carbons (Fsp3) is 0.583. The second-order valence-corrected chi connectivity index (χ2v) is 4.77. The summed E-state index contributed by atoms with van der Waals surface area (Å²) in [5.74, 6) is 0.149. The van der Waals surface area contributed by atoms with E-state index in [-0.39, 0.29) is 12.0 Å². The lowest BCUT2D eigenvalue weighted by Gasteiger charge is -2.07. The lowest BCUT2D eigenvalue weighted by atomic mass is 10.3. The molecule has 4 nitrogen and oxygen atoms in total. The molecule has 1 N–H and O–H groups in total. The van der Waals surface area contributed by atoms with Crippen molar-refractivity contribution in [1.82, 2.24) is 5.32 Å². The minimum absolute atomic E-state index is 0.180. The third-order valence-corrected chi connectivity index (χ3v) is 2.53. The van der Waals surface area contributed by atoms with E-state index in [1.807, 2.05) is 13.8 Å². The van der Waals surface area contributed by atoms with Crippen LogP contribution in [0.2, 0.25) is 0 Å². The van der Waals surface area contributed by atoms with Crippen LogP contribution in [0.25, 0.3) is 0 Å². The highest BCUT2D eigenvalue weighted by atomic mass is 79.9. The zero-order valence-corrected chi connectivity index (χ0v) is 11.7. The van der Waals surface area contributed by atoms with Crippen LogP contribution in [-0.4, -0.2) is 25.2 Å². The standard InChI is InChI=1S/C12H18BrNO3/c1-9(2)16-8-4-3-7-14-12(15)10-5-6-11(13)17-10/h5-6,9H,3-4,7-8H2,1-2H3,(H,14,15). The molecular formula is C12H18BrNO3. The van der Waals surface area contributed by atoms with Gasteiger partial charge in [-0.3, -0.25) is 4.79 Å². The molecule has 0 radical (unpaired) electrons. The number of halogens is 1. The topological polar surface area (TPSA) is 51.5 Å². The van der Waals surface area contributed by atoms with E-state index in [1.54, 1.807) is 12.1 Å². The van der Waals surface area contributed by atoms with E-state index in [4.69, 9.17) is 9.15 Å².